The number of anilines is 1. The lowest BCUT2D eigenvalue weighted by molar-refractivity contribution is 0.102. The zero-order valence-electron chi connectivity index (χ0n) is 15.0. The normalized spacial score (nSPS) is 10.7. The molecule has 0 aliphatic carbocycles. The lowest BCUT2D eigenvalue weighted by Gasteiger charge is -2.17. The van der Waals surface area contributed by atoms with Crippen molar-refractivity contribution in [2.45, 2.75) is 18.9 Å². The molecule has 2 rings (SSSR count). The van der Waals surface area contributed by atoms with Gasteiger partial charge >= 0.3 is 0 Å². The van der Waals surface area contributed by atoms with Gasteiger partial charge in [0, 0.05) is 24.2 Å². The van der Waals surface area contributed by atoms with E-state index in [1.807, 2.05) is 36.4 Å². The van der Waals surface area contributed by atoms with Crippen LogP contribution in [0.1, 0.15) is 24.2 Å². The third kappa shape index (κ3) is 6.07. The largest absolute Gasteiger partial charge is 0.497 e. The molecule has 0 aliphatic rings. The number of thioether (sulfide) groups is 1. The summed E-state index contributed by atoms with van der Waals surface area (Å²) in [6.45, 7) is 7.51. The molecule has 134 valence electrons. The molecule has 0 radical (unpaired) electrons. The number of carbonyl (C=O) groups is 1. The molecule has 6 heteroatoms. The molecular weight excluding hydrogens is 334 g/mol. The van der Waals surface area contributed by atoms with Crippen molar-refractivity contribution in [3.63, 3.8) is 0 Å². The van der Waals surface area contributed by atoms with Crippen LogP contribution in [0, 0.1) is 0 Å². The maximum absolute atomic E-state index is 12.3. The average Bonchev–Trinajstić information content (AvgIpc) is 2.66. The van der Waals surface area contributed by atoms with Crippen molar-refractivity contribution < 1.29 is 9.53 Å². The van der Waals surface area contributed by atoms with Crippen molar-refractivity contribution in [1.29, 1.82) is 0 Å². The molecular formula is C19H25N3O2S. The minimum atomic E-state index is -0.169. The van der Waals surface area contributed by atoms with E-state index in [9.17, 15) is 4.79 Å². The molecule has 1 heterocycles. The van der Waals surface area contributed by atoms with E-state index >= 15 is 0 Å². The Balaban J connectivity index is 1.86. The first-order valence-corrected chi connectivity index (χ1v) is 9.41. The van der Waals surface area contributed by atoms with Crippen molar-refractivity contribution in [1.82, 2.24) is 9.88 Å². The van der Waals surface area contributed by atoms with Gasteiger partial charge in [-0.1, -0.05) is 13.8 Å². The topological polar surface area (TPSA) is 54.5 Å². The van der Waals surface area contributed by atoms with Crippen molar-refractivity contribution in [3.8, 4) is 5.75 Å². The summed E-state index contributed by atoms with van der Waals surface area (Å²) in [6, 6.07) is 10.9. The van der Waals surface area contributed by atoms with Gasteiger partial charge in [0.2, 0.25) is 0 Å². The maximum atomic E-state index is 12.3. The third-order valence-electron chi connectivity index (χ3n) is 3.90. The Kier molecular flexibility index (Phi) is 7.76. The van der Waals surface area contributed by atoms with Gasteiger partial charge in [0.15, 0.2) is 0 Å². The van der Waals surface area contributed by atoms with Gasteiger partial charge in [0.05, 0.1) is 17.7 Å². The van der Waals surface area contributed by atoms with Crippen molar-refractivity contribution in [2.75, 3.05) is 37.8 Å². The molecule has 1 aromatic carbocycles. The van der Waals surface area contributed by atoms with Gasteiger partial charge in [-0.2, -0.15) is 0 Å². The maximum Gasteiger partial charge on any atom is 0.257 e. The van der Waals surface area contributed by atoms with Crippen LogP contribution in [-0.4, -0.2) is 48.3 Å². The Morgan fingerprint density at radius 3 is 2.44 bits per heavy atom. The Morgan fingerprint density at radius 1 is 1.16 bits per heavy atom. The summed E-state index contributed by atoms with van der Waals surface area (Å²) < 4.78 is 5.11. The summed E-state index contributed by atoms with van der Waals surface area (Å²) in [5.41, 5.74) is 1.27. The summed E-state index contributed by atoms with van der Waals surface area (Å²) in [5, 5.41) is 3.79. The highest BCUT2D eigenvalue weighted by atomic mass is 32.2. The molecule has 5 nitrogen and oxygen atoms in total. The van der Waals surface area contributed by atoms with E-state index in [-0.39, 0.29) is 5.91 Å². The highest BCUT2D eigenvalue weighted by Crippen LogP contribution is 2.18. The Bertz CT molecular complexity index is 655. The first-order valence-electron chi connectivity index (χ1n) is 8.42. The molecule has 0 fully saturated rings. The summed E-state index contributed by atoms with van der Waals surface area (Å²) >= 11 is 1.71. The van der Waals surface area contributed by atoms with E-state index in [0.29, 0.717) is 5.56 Å². The fraction of sp³-hybridized carbons (Fsp3) is 0.368. The predicted octanol–water partition coefficient (Wildman–Crippen LogP) is 3.78. The van der Waals surface area contributed by atoms with Crippen molar-refractivity contribution in [2.24, 2.45) is 0 Å². The summed E-state index contributed by atoms with van der Waals surface area (Å²) in [4.78, 5) is 19.0. The number of benzene rings is 1. The van der Waals surface area contributed by atoms with Crippen molar-refractivity contribution >= 4 is 23.4 Å². The number of nitrogens with one attached hydrogen (secondary N) is 1. The van der Waals surface area contributed by atoms with Crippen LogP contribution in [0.2, 0.25) is 0 Å². The number of hydrogen-bond donors (Lipinski definition) is 1. The fourth-order valence-electron chi connectivity index (χ4n) is 2.30. The molecule has 2 aromatic rings. The number of rotatable bonds is 9. The highest BCUT2D eigenvalue weighted by Gasteiger charge is 2.07. The first-order chi connectivity index (χ1) is 12.2. The molecule has 0 bridgehead atoms. The van der Waals surface area contributed by atoms with E-state index in [1.165, 1.54) is 0 Å². The standard InChI is InChI=1S/C19H25N3O2S/c1-4-22(5-2)12-13-25-18-11-6-15(14-20-18)19(23)21-16-7-9-17(24-3)10-8-16/h6-11,14H,4-5,12-13H2,1-3H3,(H,21,23). The summed E-state index contributed by atoms with van der Waals surface area (Å²) in [5.74, 6) is 1.58. The number of methoxy groups -OCH3 is 1. The van der Waals surface area contributed by atoms with Crippen LogP contribution in [0.4, 0.5) is 5.69 Å². The van der Waals surface area contributed by atoms with Crippen LogP contribution >= 0.6 is 11.8 Å². The second kappa shape index (κ2) is 10.1. The second-order valence-electron chi connectivity index (χ2n) is 5.44. The zero-order chi connectivity index (χ0) is 18.1. The van der Waals surface area contributed by atoms with Crippen LogP contribution in [0.5, 0.6) is 5.75 Å². The van der Waals surface area contributed by atoms with Crippen LogP contribution in [0.15, 0.2) is 47.6 Å². The predicted molar refractivity (Wildman–Crippen MR) is 104 cm³/mol. The number of carbonyl (C=O) groups excluding carboxylic acids is 1. The van der Waals surface area contributed by atoms with E-state index in [4.69, 9.17) is 4.74 Å². The number of aromatic nitrogens is 1. The van der Waals surface area contributed by atoms with Gasteiger partial charge in [0.1, 0.15) is 5.75 Å². The third-order valence-corrected chi connectivity index (χ3v) is 4.82. The first kappa shape index (κ1) is 19.3. The lowest BCUT2D eigenvalue weighted by Crippen LogP contribution is -2.25. The van der Waals surface area contributed by atoms with Gasteiger partial charge in [0.25, 0.3) is 5.91 Å². The number of nitrogens with zero attached hydrogens (tertiary/aromatic N) is 2. The molecule has 0 atom stereocenters. The minimum absolute atomic E-state index is 0.169. The zero-order valence-corrected chi connectivity index (χ0v) is 15.8. The summed E-state index contributed by atoms with van der Waals surface area (Å²) in [7, 11) is 1.61. The van der Waals surface area contributed by atoms with Gasteiger partial charge in [-0.05, 0) is 49.5 Å². The molecule has 1 amide bonds. The lowest BCUT2D eigenvalue weighted by atomic mass is 10.2. The Morgan fingerprint density at radius 2 is 1.88 bits per heavy atom. The van der Waals surface area contributed by atoms with Crippen molar-refractivity contribution in [3.05, 3.63) is 48.2 Å². The summed E-state index contributed by atoms with van der Waals surface area (Å²) in [6.07, 6.45) is 1.62. The van der Waals surface area contributed by atoms with E-state index < -0.39 is 0 Å². The van der Waals surface area contributed by atoms with Gasteiger partial charge < -0.3 is 15.0 Å². The highest BCUT2D eigenvalue weighted by molar-refractivity contribution is 7.99. The second-order valence-corrected chi connectivity index (χ2v) is 6.56. The Labute approximate surface area is 153 Å². The SMILES string of the molecule is CCN(CC)CCSc1ccc(C(=O)Nc2ccc(OC)cc2)cn1. The van der Waals surface area contributed by atoms with Gasteiger partial charge in [-0.3, -0.25) is 4.79 Å². The molecule has 0 spiro atoms. The molecule has 0 saturated carbocycles. The fourth-order valence-corrected chi connectivity index (χ4v) is 3.15. The molecule has 1 N–H and O–H groups in total. The van der Waals surface area contributed by atoms with Crippen LogP contribution in [-0.2, 0) is 0 Å². The average molecular weight is 359 g/mol. The van der Waals surface area contributed by atoms with Gasteiger partial charge in [-0.15, -0.1) is 11.8 Å². The molecule has 0 aliphatic heterocycles. The van der Waals surface area contributed by atoms with E-state index in [2.05, 4.69) is 29.0 Å². The monoisotopic (exact) mass is 359 g/mol. The van der Waals surface area contributed by atoms with Gasteiger partial charge in [-0.25, -0.2) is 4.98 Å². The number of hydrogen-bond acceptors (Lipinski definition) is 5. The minimum Gasteiger partial charge on any atom is -0.497 e. The van der Waals surface area contributed by atoms with E-state index in [0.717, 1.165) is 41.8 Å². The Hall–Kier alpha value is -2.05. The van der Waals surface area contributed by atoms with E-state index in [1.54, 1.807) is 25.1 Å². The van der Waals surface area contributed by atoms with Crippen LogP contribution in [0.25, 0.3) is 0 Å². The molecule has 0 saturated heterocycles. The quantitative estimate of drug-likeness (QED) is 0.691. The molecule has 25 heavy (non-hydrogen) atoms. The molecule has 0 unspecified atom stereocenters. The molecule has 1 aromatic heterocycles. The number of pyridine rings is 1. The number of ether oxygens (including phenoxy) is 1. The van der Waals surface area contributed by atoms with Crippen LogP contribution in [0.3, 0.4) is 0 Å². The smallest absolute Gasteiger partial charge is 0.257 e. The van der Waals surface area contributed by atoms with Crippen LogP contribution < -0.4 is 10.1 Å². The number of amides is 1.